The molecular formula is C12H22N6. The van der Waals surface area contributed by atoms with Crippen molar-refractivity contribution in [2.45, 2.75) is 25.8 Å². The Morgan fingerprint density at radius 3 is 3.11 bits per heavy atom. The standard InChI is InChI=1S/C12H22N6/c1-3-18-6-4-5-10(18)9-17(2)12-8-14-7-11(15-12)16-13/h7-8,10H,3-6,9,13H2,1-2H3,(H,15,16). The van der Waals surface area contributed by atoms with Crippen LogP contribution in [0.4, 0.5) is 11.6 Å². The fourth-order valence-corrected chi connectivity index (χ4v) is 2.54. The number of rotatable bonds is 5. The van der Waals surface area contributed by atoms with Crippen molar-refractivity contribution in [2.75, 3.05) is 37.0 Å². The van der Waals surface area contributed by atoms with E-state index in [9.17, 15) is 0 Å². The van der Waals surface area contributed by atoms with Crippen LogP contribution in [-0.2, 0) is 0 Å². The number of aromatic nitrogens is 2. The Balaban J connectivity index is 2.00. The largest absolute Gasteiger partial charge is 0.357 e. The normalized spacial score (nSPS) is 20.1. The van der Waals surface area contributed by atoms with E-state index in [1.807, 2.05) is 0 Å². The van der Waals surface area contributed by atoms with E-state index < -0.39 is 0 Å². The second kappa shape index (κ2) is 5.97. The van der Waals surface area contributed by atoms with Crippen molar-refractivity contribution >= 4 is 11.6 Å². The minimum Gasteiger partial charge on any atom is -0.357 e. The lowest BCUT2D eigenvalue weighted by Crippen LogP contribution is -2.39. The second-order valence-corrected chi connectivity index (χ2v) is 4.71. The summed E-state index contributed by atoms with van der Waals surface area (Å²) in [4.78, 5) is 13.2. The molecule has 0 bridgehead atoms. The van der Waals surface area contributed by atoms with Crippen molar-refractivity contribution in [3.63, 3.8) is 0 Å². The number of hydrogen-bond donors (Lipinski definition) is 2. The third kappa shape index (κ3) is 2.88. The van der Waals surface area contributed by atoms with Gasteiger partial charge in [0.15, 0.2) is 5.82 Å². The first-order valence-electron chi connectivity index (χ1n) is 6.48. The quantitative estimate of drug-likeness (QED) is 0.591. The summed E-state index contributed by atoms with van der Waals surface area (Å²) >= 11 is 0. The van der Waals surface area contributed by atoms with Crippen LogP contribution in [0.5, 0.6) is 0 Å². The number of nitrogens with zero attached hydrogens (tertiary/aromatic N) is 4. The summed E-state index contributed by atoms with van der Waals surface area (Å²) in [5.41, 5.74) is 2.53. The smallest absolute Gasteiger partial charge is 0.160 e. The van der Waals surface area contributed by atoms with Gasteiger partial charge in [0.2, 0.25) is 0 Å². The van der Waals surface area contributed by atoms with E-state index in [0.29, 0.717) is 11.9 Å². The molecule has 1 unspecified atom stereocenters. The van der Waals surface area contributed by atoms with Crippen LogP contribution in [0.3, 0.4) is 0 Å². The van der Waals surface area contributed by atoms with Crippen LogP contribution >= 0.6 is 0 Å². The molecule has 1 fully saturated rings. The Bertz CT molecular complexity index is 383. The highest BCUT2D eigenvalue weighted by Gasteiger charge is 2.24. The van der Waals surface area contributed by atoms with Gasteiger partial charge in [0.05, 0.1) is 12.4 Å². The molecule has 2 rings (SSSR count). The molecule has 0 saturated carbocycles. The van der Waals surface area contributed by atoms with Gasteiger partial charge in [-0.15, -0.1) is 0 Å². The molecule has 0 aromatic carbocycles. The molecule has 0 amide bonds. The van der Waals surface area contributed by atoms with Gasteiger partial charge in [0.25, 0.3) is 0 Å². The average Bonchev–Trinajstić information content (AvgIpc) is 2.86. The lowest BCUT2D eigenvalue weighted by Gasteiger charge is -2.28. The molecule has 0 spiro atoms. The van der Waals surface area contributed by atoms with Gasteiger partial charge in [-0.25, -0.2) is 10.8 Å². The maximum Gasteiger partial charge on any atom is 0.160 e. The zero-order valence-electron chi connectivity index (χ0n) is 11.1. The molecule has 2 heterocycles. The van der Waals surface area contributed by atoms with E-state index >= 15 is 0 Å². The molecule has 1 aromatic heterocycles. The van der Waals surface area contributed by atoms with Crippen LogP contribution in [0.25, 0.3) is 0 Å². The van der Waals surface area contributed by atoms with Crippen LogP contribution in [0.1, 0.15) is 19.8 Å². The van der Waals surface area contributed by atoms with Crippen molar-refractivity contribution < 1.29 is 0 Å². The highest BCUT2D eigenvalue weighted by molar-refractivity contribution is 5.42. The number of anilines is 2. The third-order valence-corrected chi connectivity index (χ3v) is 3.55. The van der Waals surface area contributed by atoms with Crippen molar-refractivity contribution in [1.82, 2.24) is 14.9 Å². The van der Waals surface area contributed by atoms with Gasteiger partial charge in [-0.1, -0.05) is 6.92 Å². The SMILES string of the molecule is CCN1CCCC1CN(C)c1cncc(NN)n1. The van der Waals surface area contributed by atoms with Gasteiger partial charge < -0.3 is 10.3 Å². The van der Waals surface area contributed by atoms with Crippen LogP contribution in [0, 0.1) is 0 Å². The van der Waals surface area contributed by atoms with Crippen molar-refractivity contribution in [3.8, 4) is 0 Å². The van der Waals surface area contributed by atoms with Gasteiger partial charge in [-0.05, 0) is 25.9 Å². The molecule has 0 radical (unpaired) electrons. The van der Waals surface area contributed by atoms with E-state index in [1.165, 1.54) is 19.4 Å². The molecule has 1 saturated heterocycles. The molecule has 3 N–H and O–H groups in total. The van der Waals surface area contributed by atoms with E-state index in [-0.39, 0.29) is 0 Å². The van der Waals surface area contributed by atoms with Crippen molar-refractivity contribution in [2.24, 2.45) is 5.84 Å². The maximum absolute atomic E-state index is 5.35. The predicted octanol–water partition coefficient (Wildman–Crippen LogP) is 0.683. The minimum atomic E-state index is 0.595. The molecule has 6 heteroatoms. The third-order valence-electron chi connectivity index (χ3n) is 3.55. The van der Waals surface area contributed by atoms with E-state index in [0.717, 1.165) is 18.9 Å². The highest BCUT2D eigenvalue weighted by Crippen LogP contribution is 2.19. The molecule has 6 nitrogen and oxygen atoms in total. The summed E-state index contributed by atoms with van der Waals surface area (Å²) in [7, 11) is 2.05. The second-order valence-electron chi connectivity index (χ2n) is 4.71. The fourth-order valence-electron chi connectivity index (χ4n) is 2.54. The first kappa shape index (κ1) is 13.0. The molecule has 0 aliphatic carbocycles. The fraction of sp³-hybridized carbons (Fsp3) is 0.667. The average molecular weight is 250 g/mol. The van der Waals surface area contributed by atoms with Gasteiger partial charge in [0.1, 0.15) is 5.82 Å². The molecule has 1 aliphatic heterocycles. The molecule has 18 heavy (non-hydrogen) atoms. The number of likely N-dealkylation sites (N-methyl/N-ethyl adjacent to an activating group) is 2. The lowest BCUT2D eigenvalue weighted by molar-refractivity contribution is 0.270. The van der Waals surface area contributed by atoms with Gasteiger partial charge in [-0.3, -0.25) is 9.88 Å². The summed E-state index contributed by atoms with van der Waals surface area (Å²) in [5, 5.41) is 0. The minimum absolute atomic E-state index is 0.595. The zero-order chi connectivity index (χ0) is 13.0. The van der Waals surface area contributed by atoms with E-state index in [4.69, 9.17) is 5.84 Å². The van der Waals surface area contributed by atoms with Crippen LogP contribution < -0.4 is 16.2 Å². The molecule has 100 valence electrons. The number of nitrogen functional groups attached to an aromatic ring is 1. The van der Waals surface area contributed by atoms with Gasteiger partial charge in [-0.2, -0.15) is 0 Å². The van der Waals surface area contributed by atoms with Crippen molar-refractivity contribution in [3.05, 3.63) is 12.4 Å². The highest BCUT2D eigenvalue weighted by atomic mass is 15.3. The van der Waals surface area contributed by atoms with Crippen LogP contribution in [0.15, 0.2) is 12.4 Å². The summed E-state index contributed by atoms with van der Waals surface area (Å²) in [6.07, 6.45) is 5.94. The number of likely N-dealkylation sites (tertiary alicyclic amines) is 1. The zero-order valence-corrected chi connectivity index (χ0v) is 11.1. The monoisotopic (exact) mass is 250 g/mol. The topological polar surface area (TPSA) is 70.3 Å². The molecule has 1 atom stereocenters. The Morgan fingerprint density at radius 1 is 1.56 bits per heavy atom. The number of hydrogen-bond acceptors (Lipinski definition) is 6. The number of nitrogens with two attached hydrogens (primary N) is 1. The Morgan fingerprint density at radius 2 is 2.39 bits per heavy atom. The van der Waals surface area contributed by atoms with Gasteiger partial charge >= 0.3 is 0 Å². The van der Waals surface area contributed by atoms with Crippen LogP contribution in [-0.4, -0.2) is 47.6 Å². The summed E-state index contributed by atoms with van der Waals surface area (Å²) < 4.78 is 0. The number of hydrazine groups is 1. The Hall–Kier alpha value is -1.40. The first-order valence-corrected chi connectivity index (χ1v) is 6.48. The van der Waals surface area contributed by atoms with E-state index in [2.05, 4.69) is 39.2 Å². The van der Waals surface area contributed by atoms with Crippen molar-refractivity contribution in [1.29, 1.82) is 0 Å². The Kier molecular flexibility index (Phi) is 4.33. The molecule has 1 aromatic rings. The molecular weight excluding hydrogens is 228 g/mol. The summed E-state index contributed by atoms with van der Waals surface area (Å²) in [6.45, 7) is 5.54. The summed E-state index contributed by atoms with van der Waals surface area (Å²) in [6, 6.07) is 0.622. The Labute approximate surface area is 108 Å². The van der Waals surface area contributed by atoms with Crippen LogP contribution in [0.2, 0.25) is 0 Å². The summed E-state index contributed by atoms with van der Waals surface area (Å²) in [5.74, 6) is 6.80. The lowest BCUT2D eigenvalue weighted by atomic mass is 10.2. The predicted molar refractivity (Wildman–Crippen MR) is 73.4 cm³/mol. The van der Waals surface area contributed by atoms with E-state index in [1.54, 1.807) is 12.4 Å². The molecule has 1 aliphatic rings. The number of nitrogens with one attached hydrogen (secondary N) is 1. The maximum atomic E-state index is 5.35. The first-order chi connectivity index (χ1) is 8.74. The van der Waals surface area contributed by atoms with Gasteiger partial charge in [0, 0.05) is 19.6 Å².